The van der Waals surface area contributed by atoms with Crippen LogP contribution in [-0.4, -0.2) is 0 Å². The van der Waals surface area contributed by atoms with E-state index in [-0.39, 0.29) is 0 Å². The molecule has 0 unspecified atom stereocenters. The van der Waals surface area contributed by atoms with Gasteiger partial charge in [0.2, 0.25) is 0 Å². The molecular formula is C34H52. The summed E-state index contributed by atoms with van der Waals surface area (Å²) < 4.78 is 0. The van der Waals surface area contributed by atoms with Gasteiger partial charge in [-0.3, -0.25) is 0 Å². The van der Waals surface area contributed by atoms with Crippen molar-refractivity contribution in [3.8, 4) is 11.1 Å². The van der Waals surface area contributed by atoms with Gasteiger partial charge in [-0.1, -0.05) is 127 Å². The number of rotatable bonds is 15. The maximum Gasteiger partial charge on any atom is -0.0162 e. The Kier molecular flexibility index (Phi) is 12.3. The van der Waals surface area contributed by atoms with Crippen LogP contribution in [0.1, 0.15) is 134 Å². The van der Waals surface area contributed by atoms with Crippen LogP contribution in [0.4, 0.5) is 0 Å². The fraction of sp³-hybridized carbons (Fsp3) is 0.647. The average Bonchev–Trinajstić information content (AvgIpc) is 2.86. The van der Waals surface area contributed by atoms with E-state index in [0.717, 1.165) is 17.8 Å². The van der Waals surface area contributed by atoms with Gasteiger partial charge in [0, 0.05) is 0 Å². The highest BCUT2D eigenvalue weighted by atomic mass is 14.3. The summed E-state index contributed by atoms with van der Waals surface area (Å²) in [4.78, 5) is 0. The summed E-state index contributed by atoms with van der Waals surface area (Å²) in [7, 11) is 0. The number of hydrogen-bond acceptors (Lipinski definition) is 0. The minimum Gasteiger partial charge on any atom is -0.0654 e. The predicted molar refractivity (Wildman–Crippen MR) is 152 cm³/mol. The molecule has 188 valence electrons. The SMILES string of the molecule is CCCCCCCCCCCCc1ccc(-c2ccc(C3CCC(CC(C)C)CC3)cc2)cc1. The van der Waals surface area contributed by atoms with Gasteiger partial charge >= 0.3 is 0 Å². The van der Waals surface area contributed by atoms with Crippen molar-refractivity contribution in [1.82, 2.24) is 0 Å². The Morgan fingerprint density at radius 1 is 0.618 bits per heavy atom. The molecular weight excluding hydrogens is 408 g/mol. The second-order valence-corrected chi connectivity index (χ2v) is 11.6. The summed E-state index contributed by atoms with van der Waals surface area (Å²) >= 11 is 0. The molecule has 34 heavy (non-hydrogen) atoms. The second-order valence-electron chi connectivity index (χ2n) is 11.6. The first-order chi connectivity index (χ1) is 16.7. The molecule has 2 aromatic rings. The van der Waals surface area contributed by atoms with E-state index in [0.29, 0.717) is 0 Å². The lowest BCUT2D eigenvalue weighted by Crippen LogP contribution is -2.14. The van der Waals surface area contributed by atoms with Crippen LogP contribution in [0.5, 0.6) is 0 Å². The Labute approximate surface area is 212 Å². The van der Waals surface area contributed by atoms with E-state index in [1.165, 1.54) is 119 Å². The van der Waals surface area contributed by atoms with Gasteiger partial charge in [0.05, 0.1) is 0 Å². The highest BCUT2D eigenvalue weighted by Gasteiger charge is 2.22. The molecule has 3 rings (SSSR count). The maximum atomic E-state index is 2.40. The zero-order valence-corrected chi connectivity index (χ0v) is 22.7. The first-order valence-electron chi connectivity index (χ1n) is 14.8. The van der Waals surface area contributed by atoms with Crippen LogP contribution in [0, 0.1) is 11.8 Å². The molecule has 0 saturated heterocycles. The summed E-state index contributed by atoms with van der Waals surface area (Å²) in [5.41, 5.74) is 5.78. The molecule has 0 amide bonds. The topological polar surface area (TPSA) is 0 Å². The van der Waals surface area contributed by atoms with E-state index < -0.39 is 0 Å². The Morgan fingerprint density at radius 2 is 1.12 bits per heavy atom. The van der Waals surface area contributed by atoms with Crippen molar-refractivity contribution in [2.24, 2.45) is 11.8 Å². The summed E-state index contributed by atoms with van der Waals surface area (Å²) in [5, 5.41) is 0. The van der Waals surface area contributed by atoms with Crippen LogP contribution in [0.2, 0.25) is 0 Å². The number of unbranched alkanes of at least 4 members (excludes halogenated alkanes) is 9. The molecule has 0 aliphatic heterocycles. The van der Waals surface area contributed by atoms with E-state index in [4.69, 9.17) is 0 Å². The Bertz CT molecular complexity index is 759. The molecule has 0 N–H and O–H groups in total. The number of hydrogen-bond donors (Lipinski definition) is 0. The fourth-order valence-electron chi connectivity index (χ4n) is 6.03. The molecule has 1 aliphatic rings. The third kappa shape index (κ3) is 9.59. The number of aryl methyl sites for hydroxylation is 1. The molecule has 0 heteroatoms. The predicted octanol–water partition coefficient (Wildman–Crippen LogP) is 11.1. The normalized spacial score (nSPS) is 18.5. The molecule has 1 aliphatic carbocycles. The molecule has 0 spiro atoms. The molecule has 1 saturated carbocycles. The van der Waals surface area contributed by atoms with Gasteiger partial charge in [0.25, 0.3) is 0 Å². The van der Waals surface area contributed by atoms with Crippen molar-refractivity contribution in [3.63, 3.8) is 0 Å². The van der Waals surface area contributed by atoms with Crippen LogP contribution < -0.4 is 0 Å². The van der Waals surface area contributed by atoms with Gasteiger partial charge < -0.3 is 0 Å². The molecule has 0 nitrogen and oxygen atoms in total. The lowest BCUT2D eigenvalue weighted by molar-refractivity contribution is 0.283. The molecule has 2 aromatic carbocycles. The van der Waals surface area contributed by atoms with Gasteiger partial charge in [-0.25, -0.2) is 0 Å². The summed E-state index contributed by atoms with van der Waals surface area (Å²) in [6.07, 6.45) is 22.4. The maximum absolute atomic E-state index is 2.40. The standard InChI is InChI=1S/C34H52/c1-4-5-6-7-8-9-10-11-12-13-14-29-15-19-31(20-16-29)33-23-25-34(26-24-33)32-21-17-30(18-22-32)27-28(2)3/h15-16,19-20,23-26,28,30,32H,4-14,17-18,21-22,27H2,1-3H3. The van der Waals surface area contributed by atoms with Gasteiger partial charge in [0.15, 0.2) is 0 Å². The van der Waals surface area contributed by atoms with Crippen molar-refractivity contribution in [1.29, 1.82) is 0 Å². The Balaban J connectivity index is 1.34. The first kappa shape index (κ1) is 27.0. The van der Waals surface area contributed by atoms with E-state index in [1.54, 1.807) is 5.56 Å². The van der Waals surface area contributed by atoms with Gasteiger partial charge in [-0.15, -0.1) is 0 Å². The highest BCUT2D eigenvalue weighted by Crippen LogP contribution is 2.38. The summed E-state index contributed by atoms with van der Waals surface area (Å²) in [6, 6.07) is 18.9. The molecule has 0 atom stereocenters. The van der Waals surface area contributed by atoms with Gasteiger partial charge in [0.1, 0.15) is 0 Å². The van der Waals surface area contributed by atoms with Crippen molar-refractivity contribution in [2.45, 2.75) is 129 Å². The minimum absolute atomic E-state index is 0.779. The van der Waals surface area contributed by atoms with E-state index >= 15 is 0 Å². The minimum atomic E-state index is 0.779. The second kappa shape index (κ2) is 15.4. The summed E-state index contributed by atoms with van der Waals surface area (Å²) in [6.45, 7) is 7.04. The van der Waals surface area contributed by atoms with E-state index in [9.17, 15) is 0 Å². The van der Waals surface area contributed by atoms with Gasteiger partial charge in [-0.05, 0) is 85.0 Å². The fourth-order valence-corrected chi connectivity index (χ4v) is 6.03. The quantitative estimate of drug-likeness (QED) is 0.232. The first-order valence-corrected chi connectivity index (χ1v) is 14.8. The highest BCUT2D eigenvalue weighted by molar-refractivity contribution is 5.64. The van der Waals surface area contributed by atoms with Crippen molar-refractivity contribution >= 4 is 0 Å². The summed E-state index contributed by atoms with van der Waals surface area (Å²) in [5.74, 6) is 2.59. The third-order valence-corrected chi connectivity index (χ3v) is 8.14. The van der Waals surface area contributed by atoms with E-state index in [2.05, 4.69) is 69.3 Å². The average molecular weight is 461 g/mol. The molecule has 0 bridgehead atoms. The Morgan fingerprint density at radius 3 is 1.65 bits per heavy atom. The monoisotopic (exact) mass is 460 g/mol. The van der Waals surface area contributed by atoms with Crippen LogP contribution >= 0.6 is 0 Å². The largest absolute Gasteiger partial charge is 0.0654 e. The lowest BCUT2D eigenvalue weighted by atomic mass is 9.76. The van der Waals surface area contributed by atoms with Crippen LogP contribution in [0.25, 0.3) is 11.1 Å². The van der Waals surface area contributed by atoms with Crippen LogP contribution in [-0.2, 0) is 6.42 Å². The molecule has 0 radical (unpaired) electrons. The van der Waals surface area contributed by atoms with Crippen LogP contribution in [0.3, 0.4) is 0 Å². The number of benzene rings is 2. The zero-order chi connectivity index (χ0) is 24.0. The van der Waals surface area contributed by atoms with E-state index in [1.807, 2.05) is 0 Å². The van der Waals surface area contributed by atoms with Crippen molar-refractivity contribution in [3.05, 3.63) is 59.7 Å². The smallest absolute Gasteiger partial charge is 0.0162 e. The molecule has 0 aromatic heterocycles. The van der Waals surface area contributed by atoms with Crippen molar-refractivity contribution in [2.75, 3.05) is 0 Å². The zero-order valence-electron chi connectivity index (χ0n) is 22.7. The third-order valence-electron chi connectivity index (χ3n) is 8.14. The molecule has 1 fully saturated rings. The lowest BCUT2D eigenvalue weighted by Gasteiger charge is -2.29. The Hall–Kier alpha value is -1.56. The van der Waals surface area contributed by atoms with Crippen LogP contribution in [0.15, 0.2) is 48.5 Å². The van der Waals surface area contributed by atoms with Gasteiger partial charge in [-0.2, -0.15) is 0 Å². The van der Waals surface area contributed by atoms with Crippen molar-refractivity contribution < 1.29 is 0 Å². The molecule has 0 heterocycles.